The van der Waals surface area contributed by atoms with E-state index in [9.17, 15) is 9.59 Å². The summed E-state index contributed by atoms with van der Waals surface area (Å²) in [5.41, 5.74) is 3.20. The molecular weight excluding hydrogens is 360 g/mol. The maximum atomic E-state index is 12.4. The molecule has 28 heavy (non-hydrogen) atoms. The standard InChI is InChI=1S/C22H20O6/c1-12(2)16-9-17-15(8-21(23)28-19(17)6-13(16)3)10-25-22(24)14-4-5-18-20(7-14)27-11-26-18/h4-9,12H,10-11H2,1-3H3. The number of hydrogen-bond acceptors (Lipinski definition) is 6. The predicted molar refractivity (Wildman–Crippen MR) is 103 cm³/mol. The molecule has 3 aromatic rings. The molecule has 0 radical (unpaired) electrons. The summed E-state index contributed by atoms with van der Waals surface area (Å²) in [5, 5.41) is 0.771. The number of ether oxygens (including phenoxy) is 3. The molecule has 1 aromatic heterocycles. The number of esters is 1. The van der Waals surface area contributed by atoms with Gasteiger partial charge in [0.1, 0.15) is 12.2 Å². The topological polar surface area (TPSA) is 75.0 Å². The average Bonchev–Trinajstić information content (AvgIpc) is 3.12. The molecule has 1 aliphatic rings. The minimum Gasteiger partial charge on any atom is -0.457 e. The highest BCUT2D eigenvalue weighted by Gasteiger charge is 2.18. The molecular formula is C22H20O6. The maximum absolute atomic E-state index is 12.4. The van der Waals surface area contributed by atoms with E-state index in [2.05, 4.69) is 13.8 Å². The summed E-state index contributed by atoms with van der Waals surface area (Å²) in [6.07, 6.45) is 0. The number of benzene rings is 2. The molecule has 1 aliphatic heterocycles. The van der Waals surface area contributed by atoms with Gasteiger partial charge in [-0.1, -0.05) is 13.8 Å². The first kappa shape index (κ1) is 18.1. The lowest BCUT2D eigenvalue weighted by Gasteiger charge is -2.13. The van der Waals surface area contributed by atoms with Crippen molar-refractivity contribution in [1.82, 2.24) is 0 Å². The van der Waals surface area contributed by atoms with E-state index in [0.29, 0.717) is 34.1 Å². The van der Waals surface area contributed by atoms with Crippen molar-refractivity contribution in [2.24, 2.45) is 0 Å². The second kappa shape index (κ2) is 7.03. The Bertz CT molecular complexity index is 1130. The second-order valence-electron chi connectivity index (χ2n) is 7.09. The maximum Gasteiger partial charge on any atom is 0.338 e. The zero-order valence-corrected chi connectivity index (χ0v) is 15.9. The monoisotopic (exact) mass is 380 g/mol. The Labute approximate surface area is 161 Å². The van der Waals surface area contributed by atoms with E-state index in [4.69, 9.17) is 18.6 Å². The van der Waals surface area contributed by atoms with Gasteiger partial charge in [0.05, 0.1) is 5.56 Å². The first-order chi connectivity index (χ1) is 13.4. The number of fused-ring (bicyclic) bond motifs is 2. The van der Waals surface area contributed by atoms with Gasteiger partial charge in [-0.15, -0.1) is 0 Å². The highest BCUT2D eigenvalue weighted by atomic mass is 16.7. The van der Waals surface area contributed by atoms with E-state index in [1.807, 2.05) is 19.1 Å². The molecule has 2 aromatic carbocycles. The van der Waals surface area contributed by atoms with Gasteiger partial charge in [0.2, 0.25) is 6.79 Å². The third-order valence-corrected chi connectivity index (χ3v) is 4.81. The molecule has 0 aliphatic carbocycles. The van der Waals surface area contributed by atoms with Crippen molar-refractivity contribution in [3.8, 4) is 11.5 Å². The molecule has 6 nitrogen and oxygen atoms in total. The average molecular weight is 380 g/mol. The van der Waals surface area contributed by atoms with Crippen LogP contribution in [0.4, 0.5) is 0 Å². The van der Waals surface area contributed by atoms with Gasteiger partial charge < -0.3 is 18.6 Å². The van der Waals surface area contributed by atoms with Gasteiger partial charge >= 0.3 is 11.6 Å². The second-order valence-corrected chi connectivity index (χ2v) is 7.09. The fourth-order valence-corrected chi connectivity index (χ4v) is 3.38. The number of carbonyl (C=O) groups excluding carboxylic acids is 1. The summed E-state index contributed by atoms with van der Waals surface area (Å²) in [7, 11) is 0. The normalized spacial score (nSPS) is 12.6. The van der Waals surface area contributed by atoms with E-state index in [1.165, 1.54) is 6.07 Å². The van der Waals surface area contributed by atoms with Crippen LogP contribution in [0.25, 0.3) is 11.0 Å². The van der Waals surface area contributed by atoms with Crippen LogP contribution >= 0.6 is 0 Å². The zero-order chi connectivity index (χ0) is 19.8. The van der Waals surface area contributed by atoms with Gasteiger partial charge in [-0.3, -0.25) is 0 Å². The number of carbonyl (C=O) groups is 1. The van der Waals surface area contributed by atoms with Crippen LogP contribution < -0.4 is 15.1 Å². The van der Waals surface area contributed by atoms with Crippen molar-refractivity contribution in [3.05, 3.63) is 69.1 Å². The lowest BCUT2D eigenvalue weighted by atomic mass is 9.95. The fourth-order valence-electron chi connectivity index (χ4n) is 3.38. The summed E-state index contributed by atoms with van der Waals surface area (Å²) >= 11 is 0. The minimum atomic E-state index is -0.504. The van der Waals surface area contributed by atoms with E-state index in [0.717, 1.165) is 16.5 Å². The fraction of sp³-hybridized carbons (Fsp3) is 0.273. The van der Waals surface area contributed by atoms with E-state index in [1.54, 1.807) is 18.2 Å². The van der Waals surface area contributed by atoms with E-state index >= 15 is 0 Å². The van der Waals surface area contributed by atoms with Crippen LogP contribution in [-0.4, -0.2) is 12.8 Å². The van der Waals surface area contributed by atoms with Gasteiger partial charge in [-0.25, -0.2) is 9.59 Å². The Morgan fingerprint density at radius 2 is 1.89 bits per heavy atom. The molecule has 0 saturated carbocycles. The molecule has 0 atom stereocenters. The Hall–Kier alpha value is -3.28. The summed E-state index contributed by atoms with van der Waals surface area (Å²) in [5.74, 6) is 0.924. The smallest absolute Gasteiger partial charge is 0.338 e. The van der Waals surface area contributed by atoms with Crippen molar-refractivity contribution in [2.45, 2.75) is 33.3 Å². The van der Waals surface area contributed by atoms with Gasteiger partial charge in [0.25, 0.3) is 0 Å². The molecule has 0 unspecified atom stereocenters. The number of hydrogen-bond donors (Lipinski definition) is 0. The summed E-state index contributed by atoms with van der Waals surface area (Å²) < 4.78 is 21.3. The molecule has 0 fully saturated rings. The van der Waals surface area contributed by atoms with Crippen molar-refractivity contribution in [3.63, 3.8) is 0 Å². The first-order valence-electron chi connectivity index (χ1n) is 9.06. The first-order valence-corrected chi connectivity index (χ1v) is 9.06. The quantitative estimate of drug-likeness (QED) is 0.496. The van der Waals surface area contributed by atoms with Crippen molar-refractivity contribution < 1.29 is 23.4 Å². The van der Waals surface area contributed by atoms with E-state index in [-0.39, 0.29) is 13.4 Å². The van der Waals surface area contributed by atoms with Crippen molar-refractivity contribution in [2.75, 3.05) is 6.79 Å². The lowest BCUT2D eigenvalue weighted by molar-refractivity contribution is 0.0473. The van der Waals surface area contributed by atoms with Crippen molar-refractivity contribution in [1.29, 1.82) is 0 Å². The largest absolute Gasteiger partial charge is 0.457 e. The third kappa shape index (κ3) is 3.33. The molecule has 144 valence electrons. The van der Waals surface area contributed by atoms with Crippen molar-refractivity contribution >= 4 is 16.9 Å². The Morgan fingerprint density at radius 3 is 2.68 bits per heavy atom. The molecule has 2 heterocycles. The highest BCUT2D eigenvalue weighted by molar-refractivity contribution is 5.90. The van der Waals surface area contributed by atoms with Crippen LogP contribution in [0.5, 0.6) is 11.5 Å². The van der Waals surface area contributed by atoms with Crippen LogP contribution in [0.1, 0.15) is 46.8 Å². The summed E-state index contributed by atoms with van der Waals surface area (Å²) in [6.45, 7) is 6.30. The van der Waals surface area contributed by atoms with Crippen LogP contribution in [-0.2, 0) is 11.3 Å². The SMILES string of the molecule is Cc1cc2oc(=O)cc(COC(=O)c3ccc4c(c3)OCO4)c2cc1C(C)C. The van der Waals surface area contributed by atoms with Crippen LogP contribution in [0.15, 0.2) is 45.6 Å². The minimum absolute atomic E-state index is 0.0318. The molecule has 4 rings (SSSR count). The van der Waals surface area contributed by atoms with Gasteiger partial charge in [-0.2, -0.15) is 0 Å². The van der Waals surface area contributed by atoms with Gasteiger partial charge in [0, 0.05) is 17.0 Å². The molecule has 6 heteroatoms. The molecule has 0 spiro atoms. The number of rotatable bonds is 4. The molecule has 0 N–H and O–H groups in total. The summed E-state index contributed by atoms with van der Waals surface area (Å²) in [4.78, 5) is 24.4. The zero-order valence-electron chi connectivity index (χ0n) is 15.9. The van der Waals surface area contributed by atoms with Gasteiger partial charge in [-0.05, 0) is 54.3 Å². The lowest BCUT2D eigenvalue weighted by Crippen LogP contribution is -2.08. The van der Waals surface area contributed by atoms with E-state index < -0.39 is 11.6 Å². The molecule has 0 amide bonds. The Kier molecular flexibility index (Phi) is 4.55. The molecule has 0 bridgehead atoms. The summed E-state index contributed by atoms with van der Waals surface area (Å²) in [6, 6.07) is 10.1. The molecule has 0 saturated heterocycles. The third-order valence-electron chi connectivity index (χ3n) is 4.81. The van der Waals surface area contributed by atoms with Gasteiger partial charge in [0.15, 0.2) is 11.5 Å². The predicted octanol–water partition coefficient (Wildman–Crippen LogP) is 4.31. The van der Waals surface area contributed by atoms with Crippen LogP contribution in [0.2, 0.25) is 0 Å². The highest BCUT2D eigenvalue weighted by Crippen LogP contribution is 2.33. The Balaban J connectivity index is 1.63. The number of aryl methyl sites for hydroxylation is 1. The van der Waals surface area contributed by atoms with Crippen LogP contribution in [0.3, 0.4) is 0 Å². The van der Waals surface area contributed by atoms with Crippen LogP contribution in [0, 0.1) is 6.92 Å². The Morgan fingerprint density at radius 1 is 1.11 bits per heavy atom.